The van der Waals surface area contributed by atoms with Gasteiger partial charge in [-0.15, -0.1) is 0 Å². The molecule has 1 aromatic carbocycles. The molecule has 1 heterocycles. The highest BCUT2D eigenvalue weighted by molar-refractivity contribution is 6.44. The Morgan fingerprint density at radius 3 is 2.37 bits per heavy atom. The van der Waals surface area contributed by atoms with Crippen LogP contribution in [0, 0.1) is 5.92 Å². The van der Waals surface area contributed by atoms with E-state index in [9.17, 15) is 14.4 Å². The number of nitrogens with one attached hydrogen (secondary N) is 1. The maximum absolute atomic E-state index is 12.8. The first kappa shape index (κ1) is 19.4. The minimum absolute atomic E-state index is 0.158. The molecule has 1 unspecified atom stereocenters. The van der Waals surface area contributed by atoms with Crippen LogP contribution in [-0.4, -0.2) is 54.5 Å². The van der Waals surface area contributed by atoms with Gasteiger partial charge in [0.05, 0.1) is 14.2 Å². The van der Waals surface area contributed by atoms with E-state index in [1.807, 2.05) is 31.3 Å². The van der Waals surface area contributed by atoms with E-state index >= 15 is 0 Å². The van der Waals surface area contributed by atoms with Crippen molar-refractivity contribution in [3.8, 4) is 5.75 Å². The number of carbonyl (C=O) groups is 3. The van der Waals surface area contributed by atoms with Crippen molar-refractivity contribution in [1.29, 1.82) is 0 Å². The first-order valence-corrected chi connectivity index (χ1v) is 9.55. The third-order valence-electron chi connectivity index (χ3n) is 5.57. The number of carbonyl (C=O) groups excluding carboxylic acids is 3. The standard InChI is InChI=1S/C20H27N3O4/c1-14-6-4-5-7-17(14)23-19(25)18(24)22(20(23)26)13-21(2)12-15-8-10-16(27-3)11-9-15/h8-11,14,17H,4-7,12-13H2,1-3H3/p+1/t14-,17+/m0/s1. The number of amides is 4. The van der Waals surface area contributed by atoms with Crippen LogP contribution in [0.1, 0.15) is 38.2 Å². The van der Waals surface area contributed by atoms with Gasteiger partial charge >= 0.3 is 17.8 Å². The van der Waals surface area contributed by atoms with Crippen molar-refractivity contribution in [3.05, 3.63) is 29.8 Å². The highest BCUT2D eigenvalue weighted by atomic mass is 16.5. The number of quaternary nitrogens is 1. The number of imide groups is 2. The van der Waals surface area contributed by atoms with E-state index in [2.05, 4.69) is 6.92 Å². The molecule has 7 heteroatoms. The molecule has 3 rings (SSSR count). The Morgan fingerprint density at radius 2 is 1.74 bits per heavy atom. The van der Waals surface area contributed by atoms with Crippen LogP contribution in [0.2, 0.25) is 0 Å². The van der Waals surface area contributed by atoms with Gasteiger partial charge in [0, 0.05) is 11.6 Å². The molecule has 4 amide bonds. The SMILES string of the molecule is COc1ccc(C[NH+](C)CN2C(=O)C(=O)N([C@@H]3CCCC[C@@H]3C)C2=O)cc1. The first-order chi connectivity index (χ1) is 12.9. The lowest BCUT2D eigenvalue weighted by Gasteiger charge is -2.34. The molecular weight excluding hydrogens is 346 g/mol. The molecule has 3 atom stereocenters. The number of rotatable bonds is 6. The van der Waals surface area contributed by atoms with Crippen molar-refractivity contribution in [2.24, 2.45) is 5.92 Å². The van der Waals surface area contributed by atoms with Gasteiger partial charge in [-0.2, -0.15) is 0 Å². The average molecular weight is 374 g/mol. The summed E-state index contributed by atoms with van der Waals surface area (Å²) in [4.78, 5) is 41.0. The van der Waals surface area contributed by atoms with Crippen molar-refractivity contribution < 1.29 is 24.0 Å². The molecule has 146 valence electrons. The third kappa shape index (κ3) is 3.98. The molecule has 0 bridgehead atoms. The molecule has 0 aromatic heterocycles. The van der Waals surface area contributed by atoms with Crippen LogP contribution in [0.4, 0.5) is 4.79 Å². The maximum Gasteiger partial charge on any atom is 0.338 e. The highest BCUT2D eigenvalue weighted by Gasteiger charge is 2.50. The fraction of sp³-hybridized carbons (Fsp3) is 0.550. The zero-order valence-electron chi connectivity index (χ0n) is 16.2. The Hall–Kier alpha value is -2.41. The van der Waals surface area contributed by atoms with E-state index in [4.69, 9.17) is 4.74 Å². The highest BCUT2D eigenvalue weighted by Crippen LogP contribution is 2.30. The Morgan fingerprint density at radius 1 is 1.07 bits per heavy atom. The number of urea groups is 1. The average Bonchev–Trinajstić information content (AvgIpc) is 2.86. The molecule has 1 saturated carbocycles. The lowest BCUT2D eigenvalue weighted by atomic mass is 9.85. The van der Waals surface area contributed by atoms with E-state index in [1.54, 1.807) is 7.11 Å². The van der Waals surface area contributed by atoms with E-state index in [0.717, 1.165) is 46.8 Å². The topological polar surface area (TPSA) is 71.4 Å². The number of methoxy groups -OCH3 is 1. The zero-order chi connectivity index (χ0) is 19.6. The van der Waals surface area contributed by atoms with Gasteiger partial charge in [-0.05, 0) is 43.0 Å². The predicted octanol–water partition coefficient (Wildman–Crippen LogP) is 1.04. The van der Waals surface area contributed by atoms with Gasteiger partial charge < -0.3 is 9.64 Å². The molecule has 0 spiro atoms. The number of hydrogen-bond donors (Lipinski definition) is 1. The third-order valence-corrected chi connectivity index (χ3v) is 5.57. The summed E-state index contributed by atoms with van der Waals surface area (Å²) in [6.45, 7) is 2.86. The monoisotopic (exact) mass is 374 g/mol. The Kier molecular flexibility index (Phi) is 5.79. The normalized spacial score (nSPS) is 24.5. The summed E-state index contributed by atoms with van der Waals surface area (Å²) in [6, 6.07) is 7.05. The van der Waals surface area contributed by atoms with Crippen LogP contribution in [-0.2, 0) is 16.1 Å². The first-order valence-electron chi connectivity index (χ1n) is 9.55. The van der Waals surface area contributed by atoms with Gasteiger partial charge in [-0.25, -0.2) is 9.69 Å². The van der Waals surface area contributed by atoms with Crippen LogP contribution in [0.5, 0.6) is 5.75 Å². The largest absolute Gasteiger partial charge is 0.497 e. The minimum atomic E-state index is -0.702. The summed E-state index contributed by atoms with van der Waals surface area (Å²) in [5.74, 6) is -0.351. The number of ether oxygens (including phenoxy) is 1. The maximum atomic E-state index is 12.8. The second-order valence-corrected chi connectivity index (χ2v) is 7.66. The van der Waals surface area contributed by atoms with Crippen LogP contribution < -0.4 is 9.64 Å². The minimum Gasteiger partial charge on any atom is -0.497 e. The van der Waals surface area contributed by atoms with Crippen molar-refractivity contribution in [1.82, 2.24) is 9.80 Å². The molecule has 1 saturated heterocycles. The summed E-state index contributed by atoms with van der Waals surface area (Å²) in [6.07, 6.45) is 3.87. The van der Waals surface area contributed by atoms with Crippen LogP contribution in [0.25, 0.3) is 0 Å². The molecule has 2 aliphatic rings. The number of nitrogens with zero attached hydrogens (tertiary/aromatic N) is 2. The molecule has 27 heavy (non-hydrogen) atoms. The Bertz CT molecular complexity index is 718. The van der Waals surface area contributed by atoms with Crippen LogP contribution >= 0.6 is 0 Å². The molecule has 2 fully saturated rings. The molecule has 1 aliphatic heterocycles. The van der Waals surface area contributed by atoms with Gasteiger partial charge in [0.1, 0.15) is 12.3 Å². The predicted molar refractivity (Wildman–Crippen MR) is 99.0 cm³/mol. The summed E-state index contributed by atoms with van der Waals surface area (Å²) in [5, 5.41) is 0. The quantitative estimate of drug-likeness (QED) is 0.597. The van der Waals surface area contributed by atoms with Crippen LogP contribution in [0.3, 0.4) is 0 Å². The van der Waals surface area contributed by atoms with Gasteiger partial charge in [0.15, 0.2) is 6.67 Å². The van der Waals surface area contributed by atoms with Crippen molar-refractivity contribution in [3.63, 3.8) is 0 Å². The molecule has 1 aliphatic carbocycles. The van der Waals surface area contributed by atoms with Gasteiger partial charge in [0.2, 0.25) is 0 Å². The lowest BCUT2D eigenvalue weighted by molar-refractivity contribution is -0.901. The molecule has 0 radical (unpaired) electrons. The summed E-state index contributed by atoms with van der Waals surface area (Å²) in [7, 11) is 3.52. The molecule has 7 nitrogen and oxygen atoms in total. The smallest absolute Gasteiger partial charge is 0.338 e. The second kappa shape index (κ2) is 8.08. The van der Waals surface area contributed by atoms with Gasteiger partial charge in [-0.3, -0.25) is 14.5 Å². The number of benzene rings is 1. The van der Waals surface area contributed by atoms with Crippen LogP contribution in [0.15, 0.2) is 24.3 Å². The lowest BCUT2D eigenvalue weighted by Crippen LogP contribution is -3.09. The number of hydrogen-bond acceptors (Lipinski definition) is 4. The summed E-state index contributed by atoms with van der Waals surface area (Å²) < 4.78 is 5.15. The van der Waals surface area contributed by atoms with Crippen molar-refractivity contribution >= 4 is 17.8 Å². The van der Waals surface area contributed by atoms with Crippen molar-refractivity contribution in [2.75, 3.05) is 20.8 Å². The van der Waals surface area contributed by atoms with Crippen molar-refractivity contribution in [2.45, 2.75) is 45.2 Å². The Labute approximate surface area is 159 Å². The van der Waals surface area contributed by atoms with Gasteiger partial charge in [-0.1, -0.05) is 19.8 Å². The van der Waals surface area contributed by atoms with E-state index in [-0.39, 0.29) is 18.6 Å². The van der Waals surface area contributed by atoms with E-state index in [1.165, 1.54) is 4.90 Å². The summed E-state index contributed by atoms with van der Waals surface area (Å²) in [5.41, 5.74) is 1.07. The second-order valence-electron chi connectivity index (χ2n) is 7.66. The fourth-order valence-electron chi connectivity index (χ4n) is 4.05. The van der Waals surface area contributed by atoms with E-state index < -0.39 is 17.8 Å². The van der Waals surface area contributed by atoms with Gasteiger partial charge in [0.25, 0.3) is 0 Å². The Balaban J connectivity index is 1.66. The zero-order valence-corrected chi connectivity index (χ0v) is 16.2. The molecule has 1 N–H and O–H groups in total. The van der Waals surface area contributed by atoms with E-state index in [0.29, 0.717) is 6.54 Å². The fourth-order valence-corrected chi connectivity index (χ4v) is 4.05. The molecule has 1 aromatic rings. The molecular formula is C20H28N3O4+. The summed E-state index contributed by atoms with van der Waals surface area (Å²) >= 11 is 0.